The molecule has 2 aromatic rings. The predicted molar refractivity (Wildman–Crippen MR) is 88.4 cm³/mol. The monoisotopic (exact) mass is 320 g/mol. The van der Waals surface area contributed by atoms with Gasteiger partial charge in [-0.3, -0.25) is 0 Å². The number of carbonyl (C=O) groups is 1. The molecule has 1 heterocycles. The Kier molecular flexibility index (Phi) is 6.01. The van der Waals surface area contributed by atoms with Gasteiger partial charge in [0.25, 0.3) is 0 Å². The molecule has 0 saturated heterocycles. The van der Waals surface area contributed by atoms with Crippen LogP contribution >= 0.6 is 0 Å². The smallest absolute Gasteiger partial charge is 0.315 e. The lowest BCUT2D eigenvalue weighted by Gasteiger charge is -2.18. The van der Waals surface area contributed by atoms with Gasteiger partial charge in [0, 0.05) is 24.7 Å². The molecular weight excluding hydrogens is 296 g/mol. The average Bonchev–Trinajstić information content (AvgIpc) is 2.89. The van der Waals surface area contributed by atoms with Crippen molar-refractivity contribution in [3.8, 4) is 0 Å². The zero-order valence-electron chi connectivity index (χ0n) is 13.8. The molecule has 0 saturated carbocycles. The second-order valence-electron chi connectivity index (χ2n) is 5.59. The van der Waals surface area contributed by atoms with Crippen LogP contribution in [0.4, 0.5) is 4.79 Å². The highest BCUT2D eigenvalue weighted by Gasteiger charge is 2.19. The maximum absolute atomic E-state index is 12.1. The number of rotatable bonds is 7. The Morgan fingerprint density at radius 2 is 2.09 bits per heavy atom. The number of hydrogen-bond acceptors (Lipinski definition) is 4. The van der Waals surface area contributed by atoms with Gasteiger partial charge in [-0.2, -0.15) is 0 Å². The summed E-state index contributed by atoms with van der Waals surface area (Å²) in [6.45, 7) is 4.19. The fraction of sp³-hybridized carbons (Fsp3) is 0.471. The first-order valence-corrected chi connectivity index (χ1v) is 7.71. The summed E-state index contributed by atoms with van der Waals surface area (Å²) in [7, 11) is 1.58. The van der Waals surface area contributed by atoms with Crippen molar-refractivity contribution in [1.82, 2.24) is 10.6 Å². The van der Waals surface area contributed by atoms with Gasteiger partial charge in [-0.1, -0.05) is 18.2 Å². The highest BCUT2D eigenvalue weighted by Crippen LogP contribution is 2.28. The molecule has 1 aromatic heterocycles. The molecule has 0 spiro atoms. The molecule has 23 heavy (non-hydrogen) atoms. The number of nitrogens with one attached hydrogen (secondary N) is 2. The summed E-state index contributed by atoms with van der Waals surface area (Å²) < 4.78 is 10.8. The third-order valence-electron chi connectivity index (χ3n) is 3.85. The van der Waals surface area contributed by atoms with Crippen molar-refractivity contribution in [3.63, 3.8) is 0 Å². The number of aliphatic hydroxyl groups is 1. The van der Waals surface area contributed by atoms with E-state index in [2.05, 4.69) is 10.6 Å². The number of benzene rings is 1. The van der Waals surface area contributed by atoms with Crippen molar-refractivity contribution in [1.29, 1.82) is 0 Å². The van der Waals surface area contributed by atoms with Crippen LogP contribution in [0, 0.1) is 6.92 Å². The largest absolute Gasteiger partial charge is 0.459 e. The highest BCUT2D eigenvalue weighted by atomic mass is 16.5. The van der Waals surface area contributed by atoms with Gasteiger partial charge in [0.05, 0.1) is 18.7 Å². The molecule has 0 aliphatic carbocycles. The van der Waals surface area contributed by atoms with E-state index in [1.54, 1.807) is 7.11 Å². The molecule has 2 amide bonds. The number of fused-ring (bicyclic) bond motifs is 1. The molecule has 6 heteroatoms. The van der Waals surface area contributed by atoms with Crippen LogP contribution in [0.5, 0.6) is 0 Å². The van der Waals surface area contributed by atoms with E-state index in [0.29, 0.717) is 13.0 Å². The minimum atomic E-state index is -0.340. The molecule has 0 unspecified atom stereocenters. The average molecular weight is 320 g/mol. The van der Waals surface area contributed by atoms with E-state index in [4.69, 9.17) is 9.15 Å². The fourth-order valence-electron chi connectivity index (χ4n) is 2.56. The normalized spacial score (nSPS) is 13.7. The topological polar surface area (TPSA) is 83.7 Å². The number of aliphatic hydroxyl groups excluding tert-OH is 1. The summed E-state index contributed by atoms with van der Waals surface area (Å²) in [6.07, 6.45) is 0.554. The molecule has 6 nitrogen and oxygen atoms in total. The van der Waals surface area contributed by atoms with E-state index < -0.39 is 0 Å². The van der Waals surface area contributed by atoms with E-state index in [0.717, 1.165) is 22.3 Å². The van der Waals surface area contributed by atoms with Gasteiger partial charge in [0.1, 0.15) is 11.3 Å². The molecule has 0 fully saturated rings. The van der Waals surface area contributed by atoms with Gasteiger partial charge in [-0.25, -0.2) is 4.79 Å². The Labute approximate surface area is 135 Å². The molecule has 1 aromatic carbocycles. The SMILES string of the molecule is COCC[C@@H](CO)NC(=O)N[C@@H](C)c1oc2ccccc2c1C. The summed E-state index contributed by atoms with van der Waals surface area (Å²) in [5, 5.41) is 15.9. The van der Waals surface area contributed by atoms with Gasteiger partial charge < -0.3 is 24.9 Å². The molecule has 126 valence electrons. The van der Waals surface area contributed by atoms with Gasteiger partial charge >= 0.3 is 6.03 Å². The number of amides is 2. The number of urea groups is 1. The first kappa shape index (κ1) is 17.3. The molecule has 0 aliphatic heterocycles. The fourth-order valence-corrected chi connectivity index (χ4v) is 2.56. The first-order chi connectivity index (χ1) is 11.1. The lowest BCUT2D eigenvalue weighted by Crippen LogP contribution is -2.45. The standard InChI is InChI=1S/C17H24N2O4/c1-11-14-6-4-5-7-15(14)23-16(11)12(2)18-17(21)19-13(10-20)8-9-22-3/h4-7,12-13,20H,8-10H2,1-3H3,(H2,18,19,21)/t12-,13-/m0/s1. The van der Waals surface area contributed by atoms with Gasteiger partial charge in [-0.15, -0.1) is 0 Å². The number of para-hydroxylation sites is 1. The Morgan fingerprint density at radius 3 is 2.74 bits per heavy atom. The number of aryl methyl sites for hydroxylation is 1. The maximum atomic E-state index is 12.1. The van der Waals surface area contributed by atoms with E-state index >= 15 is 0 Å². The third kappa shape index (κ3) is 4.24. The van der Waals surface area contributed by atoms with Crippen molar-refractivity contribution in [2.75, 3.05) is 20.3 Å². The predicted octanol–water partition coefficient (Wildman–Crippen LogP) is 2.50. The second kappa shape index (κ2) is 7.99. The summed E-state index contributed by atoms with van der Waals surface area (Å²) in [5.74, 6) is 0.735. The second-order valence-corrected chi connectivity index (χ2v) is 5.59. The van der Waals surface area contributed by atoms with Crippen LogP contribution in [0.15, 0.2) is 28.7 Å². The van der Waals surface area contributed by atoms with Crippen LogP contribution in [-0.4, -0.2) is 37.5 Å². The lowest BCUT2D eigenvalue weighted by molar-refractivity contribution is 0.159. The molecule has 2 rings (SSSR count). The van der Waals surface area contributed by atoms with E-state index in [9.17, 15) is 9.90 Å². The number of methoxy groups -OCH3 is 1. The van der Waals surface area contributed by atoms with Gasteiger partial charge in [0.2, 0.25) is 0 Å². The first-order valence-electron chi connectivity index (χ1n) is 7.71. The van der Waals surface area contributed by atoms with Crippen LogP contribution in [0.25, 0.3) is 11.0 Å². The van der Waals surface area contributed by atoms with Crippen molar-refractivity contribution in [3.05, 3.63) is 35.6 Å². The maximum Gasteiger partial charge on any atom is 0.315 e. The van der Waals surface area contributed by atoms with Crippen molar-refractivity contribution >= 4 is 17.0 Å². The van der Waals surface area contributed by atoms with E-state index in [-0.39, 0.29) is 24.7 Å². The minimum Gasteiger partial charge on any atom is -0.459 e. The van der Waals surface area contributed by atoms with Crippen molar-refractivity contribution in [2.45, 2.75) is 32.4 Å². The minimum absolute atomic E-state index is 0.130. The molecule has 3 N–H and O–H groups in total. The molecular formula is C17H24N2O4. The Balaban J connectivity index is 2.01. The summed E-state index contributed by atoms with van der Waals surface area (Å²) in [6, 6.07) is 6.83. The summed E-state index contributed by atoms with van der Waals surface area (Å²) in [5.41, 5.74) is 1.83. The van der Waals surface area contributed by atoms with Crippen LogP contribution < -0.4 is 10.6 Å². The number of hydrogen-bond donors (Lipinski definition) is 3. The van der Waals surface area contributed by atoms with Crippen LogP contribution in [0.3, 0.4) is 0 Å². The summed E-state index contributed by atoms with van der Waals surface area (Å²) in [4.78, 5) is 12.1. The summed E-state index contributed by atoms with van der Waals surface area (Å²) >= 11 is 0. The Morgan fingerprint density at radius 1 is 1.35 bits per heavy atom. The Bertz CT molecular complexity index is 653. The van der Waals surface area contributed by atoms with Crippen molar-refractivity contribution < 1.29 is 19.1 Å². The quantitative estimate of drug-likeness (QED) is 0.732. The molecule has 2 atom stereocenters. The molecule has 0 aliphatic rings. The third-order valence-corrected chi connectivity index (χ3v) is 3.85. The van der Waals surface area contributed by atoms with Crippen molar-refractivity contribution in [2.24, 2.45) is 0 Å². The van der Waals surface area contributed by atoms with Gasteiger partial charge in [-0.05, 0) is 26.3 Å². The van der Waals surface area contributed by atoms with Gasteiger partial charge in [0.15, 0.2) is 0 Å². The van der Waals surface area contributed by atoms with E-state index in [1.807, 2.05) is 38.1 Å². The number of ether oxygens (including phenoxy) is 1. The highest BCUT2D eigenvalue weighted by molar-refractivity contribution is 5.82. The van der Waals surface area contributed by atoms with E-state index in [1.165, 1.54) is 0 Å². The zero-order chi connectivity index (χ0) is 16.8. The molecule has 0 radical (unpaired) electrons. The van der Waals surface area contributed by atoms with Crippen LogP contribution in [0.2, 0.25) is 0 Å². The Hall–Kier alpha value is -2.05. The lowest BCUT2D eigenvalue weighted by atomic mass is 10.1. The molecule has 0 bridgehead atoms. The van der Waals surface area contributed by atoms with Crippen LogP contribution in [0.1, 0.15) is 30.7 Å². The number of furan rings is 1. The zero-order valence-corrected chi connectivity index (χ0v) is 13.8. The van der Waals surface area contributed by atoms with Crippen LogP contribution in [-0.2, 0) is 4.74 Å². The number of carbonyl (C=O) groups excluding carboxylic acids is 1.